The first-order valence-corrected chi connectivity index (χ1v) is 7.62. The van der Waals surface area contributed by atoms with Gasteiger partial charge in [-0.05, 0) is 44.1 Å². The van der Waals surface area contributed by atoms with Gasteiger partial charge in [-0.25, -0.2) is 4.90 Å². The zero-order valence-electron chi connectivity index (χ0n) is 12.2. The van der Waals surface area contributed by atoms with Crippen molar-refractivity contribution in [2.45, 2.75) is 26.2 Å². The van der Waals surface area contributed by atoms with Gasteiger partial charge in [0.05, 0.1) is 22.4 Å². The molecule has 3 aliphatic rings. The molecule has 0 spiro atoms. The molecule has 6 heteroatoms. The van der Waals surface area contributed by atoms with Crippen LogP contribution in [0.1, 0.15) is 24.8 Å². The van der Waals surface area contributed by atoms with Crippen molar-refractivity contribution in [3.63, 3.8) is 0 Å². The Morgan fingerprint density at radius 2 is 1.73 bits per heavy atom. The minimum absolute atomic E-state index is 0.0573. The summed E-state index contributed by atoms with van der Waals surface area (Å²) in [5.41, 5.74) is 0.798. The maximum absolute atomic E-state index is 12.7. The molecular weight excluding hydrogens is 284 g/mol. The Kier molecular flexibility index (Phi) is 2.67. The second-order valence-corrected chi connectivity index (χ2v) is 6.62. The predicted octanol–water partition coefficient (Wildman–Crippen LogP) is 2.44. The van der Waals surface area contributed by atoms with Crippen molar-refractivity contribution in [3.8, 4) is 0 Å². The number of anilines is 1. The predicted molar refractivity (Wildman–Crippen MR) is 78.1 cm³/mol. The number of nitrogens with zero attached hydrogens (tertiary/aromatic N) is 2. The van der Waals surface area contributed by atoms with Crippen LogP contribution >= 0.6 is 0 Å². The fourth-order valence-electron chi connectivity index (χ4n) is 4.60. The van der Waals surface area contributed by atoms with Crippen molar-refractivity contribution in [3.05, 3.63) is 33.9 Å². The van der Waals surface area contributed by atoms with Crippen molar-refractivity contribution in [2.75, 3.05) is 4.90 Å². The molecular formula is C16H16N2O4. The summed E-state index contributed by atoms with van der Waals surface area (Å²) in [5.74, 6) is -0.104. The summed E-state index contributed by atoms with van der Waals surface area (Å²) in [6.45, 7) is 1.64. The molecule has 22 heavy (non-hydrogen) atoms. The first-order valence-electron chi connectivity index (χ1n) is 7.62. The molecule has 0 unspecified atom stereocenters. The average molecular weight is 300 g/mol. The third-order valence-electron chi connectivity index (χ3n) is 5.58. The molecule has 1 aromatic rings. The number of nitro benzene ring substituents is 1. The van der Waals surface area contributed by atoms with Gasteiger partial charge in [-0.2, -0.15) is 0 Å². The Morgan fingerprint density at radius 1 is 1.14 bits per heavy atom. The summed E-state index contributed by atoms with van der Waals surface area (Å²) in [4.78, 5) is 37.2. The van der Waals surface area contributed by atoms with Gasteiger partial charge in [-0.3, -0.25) is 19.7 Å². The van der Waals surface area contributed by atoms with E-state index in [4.69, 9.17) is 0 Å². The van der Waals surface area contributed by atoms with Crippen molar-refractivity contribution in [2.24, 2.45) is 23.7 Å². The molecule has 4 rings (SSSR count). The fraction of sp³-hybridized carbons (Fsp3) is 0.500. The lowest BCUT2D eigenvalue weighted by atomic mass is 9.81. The van der Waals surface area contributed by atoms with E-state index < -0.39 is 4.92 Å². The van der Waals surface area contributed by atoms with Gasteiger partial charge in [0.15, 0.2) is 0 Å². The number of amides is 2. The number of carbonyl (C=O) groups excluding carboxylic acids is 2. The number of rotatable bonds is 2. The summed E-state index contributed by atoms with van der Waals surface area (Å²) in [6.07, 6.45) is 3.02. The third-order valence-corrected chi connectivity index (χ3v) is 5.58. The highest BCUT2D eigenvalue weighted by Crippen LogP contribution is 2.56. The van der Waals surface area contributed by atoms with Crippen LogP contribution < -0.4 is 4.90 Å². The maximum Gasteiger partial charge on any atom is 0.274 e. The summed E-state index contributed by atoms with van der Waals surface area (Å²) >= 11 is 0. The van der Waals surface area contributed by atoms with Crippen LogP contribution in [0.3, 0.4) is 0 Å². The molecule has 2 amide bonds. The van der Waals surface area contributed by atoms with Gasteiger partial charge in [-0.15, -0.1) is 0 Å². The standard InChI is InChI=1S/C16H16N2O4/c1-8-2-5-11(7-12(8)18(21)22)17-15(19)13-9-3-4-10(6-9)14(13)16(17)20/h2,5,7,9-10,13-14H,3-4,6H2,1H3/t9-,10+,13-,14+. The maximum atomic E-state index is 12.7. The van der Waals surface area contributed by atoms with E-state index in [-0.39, 0.29) is 29.3 Å². The monoisotopic (exact) mass is 300 g/mol. The summed E-state index contributed by atoms with van der Waals surface area (Å²) < 4.78 is 0. The van der Waals surface area contributed by atoms with E-state index in [0.717, 1.165) is 19.3 Å². The number of nitro groups is 1. The van der Waals surface area contributed by atoms with Crippen molar-refractivity contribution in [1.82, 2.24) is 0 Å². The number of hydrogen-bond donors (Lipinski definition) is 0. The molecule has 1 heterocycles. The highest BCUT2D eigenvalue weighted by molar-refractivity contribution is 6.22. The fourth-order valence-corrected chi connectivity index (χ4v) is 4.60. The molecule has 6 nitrogen and oxygen atoms in total. The molecule has 2 saturated carbocycles. The molecule has 0 N–H and O–H groups in total. The van der Waals surface area contributed by atoms with E-state index in [9.17, 15) is 19.7 Å². The third kappa shape index (κ3) is 1.60. The largest absolute Gasteiger partial charge is 0.274 e. The first kappa shape index (κ1) is 13.4. The van der Waals surface area contributed by atoms with Gasteiger partial charge in [0.1, 0.15) is 0 Å². The highest BCUT2D eigenvalue weighted by atomic mass is 16.6. The van der Waals surface area contributed by atoms with E-state index in [1.807, 2.05) is 0 Å². The normalized spacial score (nSPS) is 32.7. The van der Waals surface area contributed by atoms with Crippen LogP contribution in [-0.4, -0.2) is 16.7 Å². The molecule has 1 aliphatic heterocycles. The van der Waals surface area contributed by atoms with E-state index in [1.54, 1.807) is 19.1 Å². The molecule has 1 aromatic carbocycles. The highest BCUT2D eigenvalue weighted by Gasteiger charge is 2.61. The van der Waals surface area contributed by atoms with Crippen LogP contribution in [0.15, 0.2) is 18.2 Å². The van der Waals surface area contributed by atoms with Crippen LogP contribution in [0.25, 0.3) is 0 Å². The number of aryl methyl sites for hydroxylation is 1. The van der Waals surface area contributed by atoms with Crippen LogP contribution in [0.5, 0.6) is 0 Å². The van der Waals surface area contributed by atoms with Crippen LogP contribution in [0, 0.1) is 40.7 Å². The topological polar surface area (TPSA) is 80.5 Å². The second-order valence-electron chi connectivity index (χ2n) is 6.62. The SMILES string of the molecule is Cc1ccc(N2C(=O)[C@@H]3[C@@H]4CC[C@@H](C4)[C@@H]3C2=O)cc1[N+](=O)[O-]. The number of carbonyl (C=O) groups is 2. The minimum Gasteiger partial charge on any atom is -0.274 e. The molecule has 0 radical (unpaired) electrons. The van der Waals surface area contributed by atoms with Gasteiger partial charge in [-0.1, -0.05) is 6.07 Å². The number of hydrogen-bond acceptors (Lipinski definition) is 4. The lowest BCUT2D eigenvalue weighted by Gasteiger charge is -2.19. The lowest BCUT2D eigenvalue weighted by molar-refractivity contribution is -0.385. The molecule has 3 fully saturated rings. The summed E-state index contributed by atoms with van der Waals surface area (Å²) in [7, 11) is 0. The van der Waals surface area contributed by atoms with Crippen molar-refractivity contribution < 1.29 is 14.5 Å². The van der Waals surface area contributed by atoms with Crippen molar-refractivity contribution in [1.29, 1.82) is 0 Å². The number of benzene rings is 1. The molecule has 114 valence electrons. The zero-order valence-corrected chi connectivity index (χ0v) is 12.2. The summed E-state index contributed by atoms with van der Waals surface area (Å²) in [5, 5.41) is 11.1. The number of fused-ring (bicyclic) bond motifs is 5. The molecule has 2 aliphatic carbocycles. The zero-order chi connectivity index (χ0) is 15.6. The Balaban J connectivity index is 1.75. The lowest BCUT2D eigenvalue weighted by Crippen LogP contribution is -2.32. The van der Waals surface area contributed by atoms with Gasteiger partial charge in [0, 0.05) is 11.6 Å². The van der Waals surface area contributed by atoms with Crippen molar-refractivity contribution >= 4 is 23.2 Å². The second kappa shape index (κ2) is 4.38. The van der Waals surface area contributed by atoms with Gasteiger partial charge >= 0.3 is 0 Å². The Morgan fingerprint density at radius 3 is 2.27 bits per heavy atom. The molecule has 0 aromatic heterocycles. The van der Waals surface area contributed by atoms with E-state index >= 15 is 0 Å². The Bertz CT molecular complexity index is 686. The van der Waals surface area contributed by atoms with E-state index in [1.165, 1.54) is 11.0 Å². The molecule has 1 saturated heterocycles. The van der Waals surface area contributed by atoms with Crippen LogP contribution in [0.4, 0.5) is 11.4 Å². The van der Waals surface area contributed by atoms with Gasteiger partial charge < -0.3 is 0 Å². The van der Waals surface area contributed by atoms with Crippen LogP contribution in [-0.2, 0) is 9.59 Å². The Hall–Kier alpha value is -2.24. The van der Waals surface area contributed by atoms with Gasteiger partial charge in [0.25, 0.3) is 5.69 Å². The Labute approximate surface area is 127 Å². The smallest absolute Gasteiger partial charge is 0.274 e. The van der Waals surface area contributed by atoms with E-state index in [0.29, 0.717) is 23.1 Å². The quantitative estimate of drug-likeness (QED) is 0.477. The minimum atomic E-state index is -0.478. The molecule has 2 bridgehead atoms. The van der Waals surface area contributed by atoms with E-state index in [2.05, 4.69) is 0 Å². The first-order chi connectivity index (χ1) is 10.5. The summed E-state index contributed by atoms with van der Waals surface area (Å²) in [6, 6.07) is 4.56. The van der Waals surface area contributed by atoms with Crippen LogP contribution in [0.2, 0.25) is 0 Å². The van der Waals surface area contributed by atoms with Gasteiger partial charge in [0.2, 0.25) is 11.8 Å². The molecule has 4 atom stereocenters. The number of imide groups is 1. The average Bonchev–Trinajstić information content (AvgIpc) is 3.14.